The molecule has 1 amide bonds. The van der Waals surface area contributed by atoms with Gasteiger partial charge >= 0.3 is 5.97 Å². The first-order valence-electron chi connectivity index (χ1n) is 9.44. The Hall–Kier alpha value is -3.99. The fourth-order valence-corrected chi connectivity index (χ4v) is 2.93. The van der Waals surface area contributed by atoms with Crippen LogP contribution in [0.5, 0.6) is 0 Å². The standard InChI is InChI=1S/C22H20N4O4/c23-13-6-14-26(16-7-2-1-3-8-16)20(27)15-30-21(28)12-11-19-24-18-10-5-4-9-17(18)22(29)25-19/h1-5,7-10H,6,11-12,14-15H2,(H,24,25,29). The minimum Gasteiger partial charge on any atom is -0.456 e. The van der Waals surface area contributed by atoms with E-state index in [9.17, 15) is 14.4 Å². The molecule has 0 radical (unpaired) electrons. The van der Waals surface area contributed by atoms with Gasteiger partial charge in [0.1, 0.15) is 5.82 Å². The Morgan fingerprint density at radius 1 is 1.10 bits per heavy atom. The molecule has 8 heteroatoms. The van der Waals surface area contributed by atoms with Gasteiger partial charge in [-0.05, 0) is 24.3 Å². The number of hydrogen-bond acceptors (Lipinski definition) is 6. The average molecular weight is 404 g/mol. The molecule has 0 saturated carbocycles. The first kappa shape index (κ1) is 20.7. The maximum absolute atomic E-state index is 12.5. The van der Waals surface area contributed by atoms with Crippen molar-refractivity contribution < 1.29 is 14.3 Å². The summed E-state index contributed by atoms with van der Waals surface area (Å²) in [4.78, 5) is 45.1. The predicted octanol–water partition coefficient (Wildman–Crippen LogP) is 2.35. The maximum atomic E-state index is 12.5. The Morgan fingerprint density at radius 2 is 1.83 bits per heavy atom. The SMILES string of the molecule is N#CCCN(C(=O)COC(=O)CCc1nc2ccccc2c(=O)[nH]1)c1ccccc1. The first-order valence-corrected chi connectivity index (χ1v) is 9.44. The Balaban J connectivity index is 1.56. The number of aryl methyl sites for hydroxylation is 1. The van der Waals surface area contributed by atoms with Gasteiger partial charge in [-0.25, -0.2) is 4.98 Å². The summed E-state index contributed by atoms with van der Waals surface area (Å²) in [5, 5.41) is 9.30. The number of H-pyrrole nitrogens is 1. The first-order chi connectivity index (χ1) is 14.6. The van der Waals surface area contributed by atoms with Crippen LogP contribution in [0.25, 0.3) is 10.9 Å². The lowest BCUT2D eigenvalue weighted by atomic mass is 10.2. The minimum absolute atomic E-state index is 0.0297. The summed E-state index contributed by atoms with van der Waals surface area (Å²) in [6.45, 7) is -0.222. The van der Waals surface area contributed by atoms with Crippen molar-refractivity contribution in [2.45, 2.75) is 19.3 Å². The third-order valence-electron chi connectivity index (χ3n) is 4.40. The third kappa shape index (κ3) is 5.29. The molecule has 152 valence electrons. The van der Waals surface area contributed by atoms with Crippen molar-refractivity contribution in [2.75, 3.05) is 18.1 Å². The zero-order chi connectivity index (χ0) is 21.3. The van der Waals surface area contributed by atoms with Crippen molar-refractivity contribution in [2.24, 2.45) is 0 Å². The van der Waals surface area contributed by atoms with Gasteiger partial charge in [0.15, 0.2) is 6.61 Å². The Kier molecular flexibility index (Phi) is 6.90. The molecule has 0 aliphatic rings. The summed E-state index contributed by atoms with van der Waals surface area (Å²) < 4.78 is 5.09. The number of aromatic nitrogens is 2. The van der Waals surface area contributed by atoms with E-state index < -0.39 is 18.5 Å². The van der Waals surface area contributed by atoms with Crippen molar-refractivity contribution in [3.8, 4) is 6.07 Å². The number of esters is 1. The molecule has 0 spiro atoms. The summed E-state index contributed by atoms with van der Waals surface area (Å²) in [5.74, 6) is -0.614. The van der Waals surface area contributed by atoms with Gasteiger partial charge < -0.3 is 14.6 Å². The van der Waals surface area contributed by atoms with Crippen LogP contribution in [0.3, 0.4) is 0 Å². The molecule has 1 aromatic heterocycles. The third-order valence-corrected chi connectivity index (χ3v) is 4.40. The van der Waals surface area contributed by atoms with E-state index in [1.165, 1.54) is 4.90 Å². The van der Waals surface area contributed by atoms with Crippen LogP contribution < -0.4 is 10.5 Å². The molecular weight excluding hydrogens is 384 g/mol. The van der Waals surface area contributed by atoms with Gasteiger partial charge in [-0.15, -0.1) is 0 Å². The number of nitriles is 1. The Labute approximate surface area is 172 Å². The van der Waals surface area contributed by atoms with Gasteiger partial charge in [-0.2, -0.15) is 5.26 Å². The summed E-state index contributed by atoms with van der Waals surface area (Å²) in [6, 6.07) is 17.8. The largest absolute Gasteiger partial charge is 0.456 e. The number of nitrogens with zero attached hydrogens (tertiary/aromatic N) is 3. The van der Waals surface area contributed by atoms with Crippen LogP contribution in [0.2, 0.25) is 0 Å². The number of fused-ring (bicyclic) bond motifs is 1. The van der Waals surface area contributed by atoms with Gasteiger partial charge in [0.05, 0.1) is 29.8 Å². The van der Waals surface area contributed by atoms with E-state index in [2.05, 4.69) is 9.97 Å². The molecule has 8 nitrogen and oxygen atoms in total. The number of nitrogens with one attached hydrogen (secondary N) is 1. The number of aromatic amines is 1. The summed E-state index contributed by atoms with van der Waals surface area (Å²) in [5.41, 5.74) is 0.915. The second-order valence-corrected chi connectivity index (χ2v) is 6.48. The normalized spacial score (nSPS) is 10.4. The molecule has 0 saturated heterocycles. The highest BCUT2D eigenvalue weighted by molar-refractivity contribution is 5.95. The molecule has 0 atom stereocenters. The molecule has 2 aromatic carbocycles. The highest BCUT2D eigenvalue weighted by atomic mass is 16.5. The van der Waals surface area contributed by atoms with Crippen LogP contribution in [-0.2, 0) is 20.7 Å². The highest BCUT2D eigenvalue weighted by Gasteiger charge is 2.17. The monoisotopic (exact) mass is 404 g/mol. The molecule has 1 heterocycles. The Morgan fingerprint density at radius 3 is 2.60 bits per heavy atom. The molecule has 1 N–H and O–H groups in total. The van der Waals surface area contributed by atoms with Gasteiger partial charge in [0, 0.05) is 18.7 Å². The molecule has 3 rings (SSSR count). The van der Waals surface area contributed by atoms with Crippen molar-refractivity contribution in [3.05, 3.63) is 70.8 Å². The minimum atomic E-state index is -0.576. The summed E-state index contributed by atoms with van der Waals surface area (Å²) >= 11 is 0. The molecule has 0 fully saturated rings. The topological polar surface area (TPSA) is 116 Å². The van der Waals surface area contributed by atoms with Crippen LogP contribution in [-0.4, -0.2) is 35.0 Å². The second-order valence-electron chi connectivity index (χ2n) is 6.48. The molecule has 3 aromatic rings. The number of para-hydroxylation sites is 2. The van der Waals surface area contributed by atoms with E-state index in [4.69, 9.17) is 10.00 Å². The van der Waals surface area contributed by atoms with E-state index in [1.807, 2.05) is 12.1 Å². The number of rotatable bonds is 8. The van der Waals surface area contributed by atoms with Crippen LogP contribution in [0.4, 0.5) is 5.69 Å². The maximum Gasteiger partial charge on any atom is 0.306 e. The lowest BCUT2D eigenvalue weighted by Gasteiger charge is -2.21. The van der Waals surface area contributed by atoms with Gasteiger partial charge in [0.2, 0.25) is 0 Å². The van der Waals surface area contributed by atoms with Crippen LogP contribution in [0.1, 0.15) is 18.7 Å². The number of benzene rings is 2. The lowest BCUT2D eigenvalue weighted by molar-refractivity contribution is -0.147. The molecule has 30 heavy (non-hydrogen) atoms. The summed E-state index contributed by atoms with van der Waals surface area (Å²) in [6.07, 6.45) is 0.317. The van der Waals surface area contributed by atoms with Crippen molar-refractivity contribution in [1.29, 1.82) is 5.26 Å². The predicted molar refractivity (Wildman–Crippen MR) is 111 cm³/mol. The van der Waals surface area contributed by atoms with E-state index in [-0.39, 0.29) is 31.4 Å². The fraction of sp³-hybridized carbons (Fsp3) is 0.227. The Bertz CT molecular complexity index is 1140. The van der Waals surface area contributed by atoms with Crippen LogP contribution >= 0.6 is 0 Å². The molecular formula is C22H20N4O4. The van der Waals surface area contributed by atoms with Gasteiger partial charge in [-0.1, -0.05) is 30.3 Å². The quantitative estimate of drug-likeness (QED) is 0.576. The van der Waals surface area contributed by atoms with E-state index >= 15 is 0 Å². The number of amides is 1. The molecule has 0 aliphatic carbocycles. The number of carbonyl (C=O) groups excluding carboxylic acids is 2. The van der Waals surface area contributed by atoms with E-state index in [0.29, 0.717) is 22.4 Å². The second kappa shape index (κ2) is 9.98. The lowest BCUT2D eigenvalue weighted by Crippen LogP contribution is -2.35. The number of ether oxygens (including phenoxy) is 1. The molecule has 0 unspecified atom stereocenters. The van der Waals surface area contributed by atoms with Crippen molar-refractivity contribution in [1.82, 2.24) is 9.97 Å². The number of carbonyl (C=O) groups is 2. The van der Waals surface area contributed by atoms with E-state index in [0.717, 1.165) is 0 Å². The zero-order valence-corrected chi connectivity index (χ0v) is 16.2. The van der Waals surface area contributed by atoms with Gasteiger partial charge in [0.25, 0.3) is 11.5 Å². The summed E-state index contributed by atoms with van der Waals surface area (Å²) in [7, 11) is 0. The number of anilines is 1. The number of hydrogen-bond donors (Lipinski definition) is 1. The highest BCUT2D eigenvalue weighted by Crippen LogP contribution is 2.14. The fourth-order valence-electron chi connectivity index (χ4n) is 2.93. The van der Waals surface area contributed by atoms with Gasteiger partial charge in [-0.3, -0.25) is 14.4 Å². The zero-order valence-electron chi connectivity index (χ0n) is 16.2. The van der Waals surface area contributed by atoms with Crippen LogP contribution in [0, 0.1) is 11.3 Å². The average Bonchev–Trinajstić information content (AvgIpc) is 2.77. The molecule has 0 bridgehead atoms. The van der Waals surface area contributed by atoms with Crippen molar-refractivity contribution >= 4 is 28.5 Å². The van der Waals surface area contributed by atoms with Crippen LogP contribution in [0.15, 0.2) is 59.4 Å². The molecule has 0 aliphatic heterocycles. The van der Waals surface area contributed by atoms with Crippen molar-refractivity contribution in [3.63, 3.8) is 0 Å². The van der Waals surface area contributed by atoms with E-state index in [1.54, 1.807) is 48.5 Å². The smallest absolute Gasteiger partial charge is 0.306 e.